The number of ether oxygens (including phenoxy) is 1. The van der Waals surface area contributed by atoms with Crippen molar-refractivity contribution < 1.29 is 4.74 Å². The molecule has 1 aromatic heterocycles. The molecule has 0 aliphatic carbocycles. The highest BCUT2D eigenvalue weighted by molar-refractivity contribution is 7.13. The van der Waals surface area contributed by atoms with E-state index in [1.54, 1.807) is 0 Å². The van der Waals surface area contributed by atoms with Crippen LogP contribution in [0.2, 0.25) is 0 Å². The summed E-state index contributed by atoms with van der Waals surface area (Å²) in [5, 5.41) is 2.37. The number of nitrogens with zero attached hydrogens (tertiary/aromatic N) is 1. The zero-order chi connectivity index (χ0) is 10.3. The molecule has 74 valence electrons. The van der Waals surface area contributed by atoms with Crippen LogP contribution in [0.15, 0.2) is 12.0 Å². The van der Waals surface area contributed by atoms with Crippen LogP contribution in [0.3, 0.4) is 0 Å². The second-order valence-corrected chi connectivity index (χ2v) is 2.82. The number of anilines is 1. The van der Waals surface area contributed by atoms with Crippen LogP contribution in [-0.2, 0) is 4.74 Å². The number of nitrogen functional groups attached to an aromatic ring is 1. The SMILES string of the molecule is C=C(OCC)c1csc(N)n1.CC. The number of hydrogen-bond acceptors (Lipinski definition) is 4. The van der Waals surface area contributed by atoms with E-state index in [2.05, 4.69) is 11.6 Å². The molecule has 0 saturated carbocycles. The third-order valence-electron chi connectivity index (χ3n) is 1.13. The van der Waals surface area contributed by atoms with E-state index in [1.807, 2.05) is 26.2 Å². The Kier molecular flexibility index (Phi) is 5.97. The maximum absolute atomic E-state index is 5.42. The van der Waals surface area contributed by atoms with E-state index in [1.165, 1.54) is 11.3 Å². The van der Waals surface area contributed by atoms with Crippen molar-refractivity contribution in [3.8, 4) is 0 Å². The summed E-state index contributed by atoms with van der Waals surface area (Å²) < 4.78 is 5.14. The number of nitrogens with two attached hydrogens (primary N) is 1. The Balaban J connectivity index is 0.000000671. The molecule has 1 rings (SSSR count). The van der Waals surface area contributed by atoms with E-state index < -0.39 is 0 Å². The molecule has 0 spiro atoms. The van der Waals surface area contributed by atoms with E-state index in [4.69, 9.17) is 10.5 Å². The molecule has 4 heteroatoms. The van der Waals surface area contributed by atoms with Gasteiger partial charge in [-0.15, -0.1) is 11.3 Å². The van der Waals surface area contributed by atoms with Gasteiger partial charge in [-0.25, -0.2) is 4.98 Å². The Hall–Kier alpha value is -1.03. The van der Waals surface area contributed by atoms with Crippen molar-refractivity contribution in [1.29, 1.82) is 0 Å². The van der Waals surface area contributed by atoms with E-state index in [0.717, 1.165) is 5.69 Å². The number of rotatable bonds is 3. The van der Waals surface area contributed by atoms with Gasteiger partial charge in [0.15, 0.2) is 5.13 Å². The highest BCUT2D eigenvalue weighted by Crippen LogP contribution is 2.18. The molecule has 0 radical (unpaired) electrons. The monoisotopic (exact) mass is 200 g/mol. The van der Waals surface area contributed by atoms with Gasteiger partial charge in [-0.1, -0.05) is 20.4 Å². The Labute approximate surface area is 83.3 Å². The molecular formula is C9H16N2OS. The fourth-order valence-corrected chi connectivity index (χ4v) is 1.23. The van der Waals surface area contributed by atoms with Gasteiger partial charge in [-0.3, -0.25) is 0 Å². The van der Waals surface area contributed by atoms with Crippen LogP contribution in [-0.4, -0.2) is 11.6 Å². The molecule has 0 unspecified atom stereocenters. The van der Waals surface area contributed by atoms with Crippen LogP contribution in [0.4, 0.5) is 5.13 Å². The fourth-order valence-electron chi connectivity index (χ4n) is 0.664. The van der Waals surface area contributed by atoms with Crippen molar-refractivity contribution in [2.45, 2.75) is 20.8 Å². The average molecular weight is 200 g/mol. The summed E-state index contributed by atoms with van der Waals surface area (Å²) in [6, 6.07) is 0. The van der Waals surface area contributed by atoms with Gasteiger partial charge >= 0.3 is 0 Å². The summed E-state index contributed by atoms with van der Waals surface area (Å²) in [5.74, 6) is 0.584. The molecule has 0 saturated heterocycles. The van der Waals surface area contributed by atoms with Gasteiger partial charge in [-0.05, 0) is 6.92 Å². The van der Waals surface area contributed by atoms with Gasteiger partial charge in [0.2, 0.25) is 0 Å². The highest BCUT2D eigenvalue weighted by Gasteiger charge is 2.02. The van der Waals surface area contributed by atoms with Crippen molar-refractivity contribution in [2.24, 2.45) is 0 Å². The first-order chi connectivity index (χ1) is 6.24. The minimum Gasteiger partial charge on any atom is -0.492 e. The lowest BCUT2D eigenvalue weighted by Crippen LogP contribution is -1.90. The van der Waals surface area contributed by atoms with Gasteiger partial charge in [-0.2, -0.15) is 0 Å². The van der Waals surface area contributed by atoms with Crippen LogP contribution in [0, 0.1) is 0 Å². The van der Waals surface area contributed by atoms with Crippen molar-refractivity contribution in [3.63, 3.8) is 0 Å². The van der Waals surface area contributed by atoms with Crippen molar-refractivity contribution in [2.75, 3.05) is 12.3 Å². The van der Waals surface area contributed by atoms with Crippen LogP contribution < -0.4 is 5.73 Å². The third-order valence-corrected chi connectivity index (χ3v) is 1.80. The first-order valence-electron chi connectivity index (χ1n) is 4.27. The van der Waals surface area contributed by atoms with Gasteiger partial charge in [0, 0.05) is 5.38 Å². The van der Waals surface area contributed by atoms with Gasteiger partial charge in [0.25, 0.3) is 0 Å². The van der Waals surface area contributed by atoms with Gasteiger partial charge in [0.1, 0.15) is 11.5 Å². The second-order valence-electron chi connectivity index (χ2n) is 1.93. The van der Waals surface area contributed by atoms with E-state index in [-0.39, 0.29) is 0 Å². The molecule has 13 heavy (non-hydrogen) atoms. The van der Waals surface area contributed by atoms with E-state index >= 15 is 0 Å². The molecule has 0 aliphatic heterocycles. The standard InChI is InChI=1S/C7H10N2OS.C2H6/c1-3-10-5(2)6-4-11-7(8)9-6;1-2/h4H,2-3H2,1H3,(H2,8,9);1-2H3. The largest absolute Gasteiger partial charge is 0.492 e. The number of aromatic nitrogens is 1. The van der Waals surface area contributed by atoms with Crippen molar-refractivity contribution >= 4 is 22.2 Å². The molecule has 0 atom stereocenters. The minimum atomic E-state index is 0.542. The normalized spacial score (nSPS) is 8.54. The molecule has 0 aliphatic rings. The molecule has 3 nitrogen and oxygen atoms in total. The quantitative estimate of drug-likeness (QED) is 0.763. The molecule has 0 aromatic carbocycles. The summed E-state index contributed by atoms with van der Waals surface area (Å²) in [5.41, 5.74) is 6.15. The average Bonchev–Trinajstić information content (AvgIpc) is 2.56. The first kappa shape index (κ1) is 12.0. The summed E-state index contributed by atoms with van der Waals surface area (Å²) in [6.45, 7) is 10.2. The third kappa shape index (κ3) is 3.94. The molecule has 0 bridgehead atoms. The summed E-state index contributed by atoms with van der Waals surface area (Å²) in [6.07, 6.45) is 0. The Morgan fingerprint density at radius 1 is 1.69 bits per heavy atom. The fraction of sp³-hybridized carbons (Fsp3) is 0.444. The molecule has 2 N–H and O–H groups in total. The van der Waals surface area contributed by atoms with E-state index in [0.29, 0.717) is 17.5 Å². The highest BCUT2D eigenvalue weighted by atomic mass is 32.1. The lowest BCUT2D eigenvalue weighted by atomic mass is 10.4. The van der Waals surface area contributed by atoms with Gasteiger partial charge in [0.05, 0.1) is 6.61 Å². The first-order valence-corrected chi connectivity index (χ1v) is 5.15. The number of hydrogen-bond donors (Lipinski definition) is 1. The van der Waals surface area contributed by atoms with Crippen LogP contribution in [0.1, 0.15) is 26.5 Å². The smallest absolute Gasteiger partial charge is 0.180 e. The second kappa shape index (κ2) is 6.48. The zero-order valence-corrected chi connectivity index (χ0v) is 9.15. The summed E-state index contributed by atoms with van der Waals surface area (Å²) >= 11 is 1.38. The zero-order valence-electron chi connectivity index (χ0n) is 8.33. The Morgan fingerprint density at radius 2 is 2.31 bits per heavy atom. The predicted molar refractivity (Wildman–Crippen MR) is 58.5 cm³/mol. The maximum Gasteiger partial charge on any atom is 0.180 e. The molecule has 0 amide bonds. The summed E-state index contributed by atoms with van der Waals surface area (Å²) in [4.78, 5) is 4.00. The lowest BCUT2D eigenvalue weighted by molar-refractivity contribution is 0.298. The van der Waals surface area contributed by atoms with E-state index in [9.17, 15) is 0 Å². The van der Waals surface area contributed by atoms with Crippen molar-refractivity contribution in [1.82, 2.24) is 4.98 Å². The molecule has 1 heterocycles. The topological polar surface area (TPSA) is 48.1 Å². The van der Waals surface area contributed by atoms with Crippen LogP contribution in [0.25, 0.3) is 5.76 Å². The predicted octanol–water partition coefficient (Wildman–Crippen LogP) is 2.76. The lowest BCUT2D eigenvalue weighted by Gasteiger charge is -2.01. The Bertz CT molecular complexity index is 258. The molecule has 0 fully saturated rings. The molecular weight excluding hydrogens is 184 g/mol. The minimum absolute atomic E-state index is 0.542. The van der Waals surface area contributed by atoms with Crippen molar-refractivity contribution in [3.05, 3.63) is 17.7 Å². The summed E-state index contributed by atoms with van der Waals surface area (Å²) in [7, 11) is 0. The van der Waals surface area contributed by atoms with Crippen LogP contribution in [0.5, 0.6) is 0 Å². The maximum atomic E-state index is 5.42. The number of thiazole rings is 1. The van der Waals surface area contributed by atoms with Crippen LogP contribution >= 0.6 is 11.3 Å². The Morgan fingerprint density at radius 3 is 2.69 bits per heavy atom. The van der Waals surface area contributed by atoms with Gasteiger partial charge < -0.3 is 10.5 Å². The molecule has 1 aromatic rings.